The highest BCUT2D eigenvalue weighted by Crippen LogP contribution is 2.26. The largest absolute Gasteiger partial charge is 0.439 e. The SMILES string of the molecule is CNc1cc(Oc2ccc(Br)cc2C)ncn1. The van der Waals surface area contributed by atoms with Crippen molar-refractivity contribution < 1.29 is 4.74 Å². The Morgan fingerprint density at radius 1 is 1.24 bits per heavy atom. The molecule has 0 spiro atoms. The lowest BCUT2D eigenvalue weighted by Crippen LogP contribution is -1.95. The van der Waals surface area contributed by atoms with E-state index in [1.807, 2.05) is 25.1 Å². The summed E-state index contributed by atoms with van der Waals surface area (Å²) in [4.78, 5) is 8.09. The molecule has 2 rings (SSSR count). The fourth-order valence-electron chi connectivity index (χ4n) is 1.37. The number of hydrogen-bond acceptors (Lipinski definition) is 4. The van der Waals surface area contributed by atoms with E-state index >= 15 is 0 Å². The van der Waals surface area contributed by atoms with Gasteiger partial charge in [0.2, 0.25) is 5.88 Å². The van der Waals surface area contributed by atoms with Gasteiger partial charge < -0.3 is 10.1 Å². The molecule has 1 aromatic heterocycles. The third-order valence-corrected chi connectivity index (χ3v) is 2.74. The first kappa shape index (κ1) is 11.9. The van der Waals surface area contributed by atoms with Gasteiger partial charge in [0, 0.05) is 17.6 Å². The third-order valence-electron chi connectivity index (χ3n) is 2.25. The summed E-state index contributed by atoms with van der Waals surface area (Å²) in [7, 11) is 1.80. The highest BCUT2D eigenvalue weighted by molar-refractivity contribution is 9.10. The molecule has 2 aromatic rings. The van der Waals surface area contributed by atoms with Gasteiger partial charge in [-0.15, -0.1) is 0 Å². The second kappa shape index (κ2) is 5.14. The molecule has 0 unspecified atom stereocenters. The fraction of sp³-hybridized carbons (Fsp3) is 0.167. The van der Waals surface area contributed by atoms with Gasteiger partial charge in [-0.2, -0.15) is 0 Å². The summed E-state index contributed by atoms with van der Waals surface area (Å²) in [5, 5.41) is 2.94. The van der Waals surface area contributed by atoms with Crippen LogP contribution in [0.15, 0.2) is 35.1 Å². The Labute approximate surface area is 108 Å². The Bertz CT molecular complexity index is 531. The maximum Gasteiger partial charge on any atom is 0.224 e. The number of ether oxygens (including phenoxy) is 1. The van der Waals surface area contributed by atoms with E-state index in [0.29, 0.717) is 5.88 Å². The Balaban J connectivity index is 2.25. The van der Waals surface area contributed by atoms with Crippen molar-refractivity contribution in [2.45, 2.75) is 6.92 Å². The summed E-state index contributed by atoms with van der Waals surface area (Å²) in [6.45, 7) is 1.99. The van der Waals surface area contributed by atoms with Crippen molar-refractivity contribution in [3.63, 3.8) is 0 Å². The summed E-state index contributed by atoms with van der Waals surface area (Å²) < 4.78 is 6.72. The van der Waals surface area contributed by atoms with Crippen LogP contribution in [-0.2, 0) is 0 Å². The fourth-order valence-corrected chi connectivity index (χ4v) is 1.85. The van der Waals surface area contributed by atoms with E-state index in [4.69, 9.17) is 4.74 Å². The summed E-state index contributed by atoms with van der Waals surface area (Å²) >= 11 is 3.41. The van der Waals surface area contributed by atoms with E-state index in [0.717, 1.165) is 21.6 Å². The molecular weight excluding hydrogens is 282 g/mol. The molecule has 0 radical (unpaired) electrons. The Morgan fingerprint density at radius 3 is 2.76 bits per heavy atom. The first-order valence-electron chi connectivity index (χ1n) is 5.13. The lowest BCUT2D eigenvalue weighted by molar-refractivity contribution is 0.458. The minimum Gasteiger partial charge on any atom is -0.439 e. The molecule has 5 heteroatoms. The zero-order chi connectivity index (χ0) is 12.3. The monoisotopic (exact) mass is 293 g/mol. The summed E-state index contributed by atoms with van der Waals surface area (Å²) in [6, 6.07) is 7.58. The van der Waals surface area contributed by atoms with Crippen molar-refractivity contribution in [3.8, 4) is 11.6 Å². The highest BCUT2D eigenvalue weighted by atomic mass is 79.9. The molecule has 0 aliphatic rings. The molecule has 1 N–H and O–H groups in total. The molecule has 0 aliphatic heterocycles. The van der Waals surface area contributed by atoms with Gasteiger partial charge in [0.05, 0.1) is 0 Å². The van der Waals surface area contributed by atoms with Crippen LogP contribution in [-0.4, -0.2) is 17.0 Å². The number of rotatable bonds is 3. The Morgan fingerprint density at radius 2 is 2.06 bits per heavy atom. The van der Waals surface area contributed by atoms with Crippen LogP contribution in [0.2, 0.25) is 0 Å². The molecule has 0 fully saturated rings. The maximum absolute atomic E-state index is 5.69. The van der Waals surface area contributed by atoms with Crippen molar-refractivity contribution in [1.29, 1.82) is 0 Å². The van der Waals surface area contributed by atoms with E-state index in [-0.39, 0.29) is 0 Å². The number of aryl methyl sites for hydroxylation is 1. The van der Waals surface area contributed by atoms with Gasteiger partial charge in [-0.1, -0.05) is 15.9 Å². The molecule has 88 valence electrons. The zero-order valence-corrected chi connectivity index (χ0v) is 11.2. The van der Waals surface area contributed by atoms with Crippen LogP contribution in [0.5, 0.6) is 11.6 Å². The van der Waals surface area contributed by atoms with Crippen molar-refractivity contribution in [1.82, 2.24) is 9.97 Å². The van der Waals surface area contributed by atoms with Gasteiger partial charge in [0.15, 0.2) is 0 Å². The molecule has 0 atom stereocenters. The molecule has 4 nitrogen and oxygen atoms in total. The minimum atomic E-state index is 0.523. The van der Waals surface area contributed by atoms with E-state index in [9.17, 15) is 0 Å². The number of aromatic nitrogens is 2. The van der Waals surface area contributed by atoms with Gasteiger partial charge in [0.1, 0.15) is 17.9 Å². The van der Waals surface area contributed by atoms with Crippen molar-refractivity contribution >= 4 is 21.7 Å². The molecule has 0 saturated carbocycles. The normalized spacial score (nSPS) is 10.1. The number of hydrogen-bond donors (Lipinski definition) is 1. The smallest absolute Gasteiger partial charge is 0.224 e. The second-order valence-electron chi connectivity index (χ2n) is 3.50. The first-order chi connectivity index (χ1) is 8.19. The van der Waals surface area contributed by atoms with Gasteiger partial charge in [-0.05, 0) is 30.7 Å². The first-order valence-corrected chi connectivity index (χ1v) is 5.92. The number of nitrogens with one attached hydrogen (secondary N) is 1. The van der Waals surface area contributed by atoms with Crippen LogP contribution in [0.3, 0.4) is 0 Å². The van der Waals surface area contributed by atoms with Gasteiger partial charge >= 0.3 is 0 Å². The number of benzene rings is 1. The van der Waals surface area contributed by atoms with Crippen LogP contribution < -0.4 is 10.1 Å². The lowest BCUT2D eigenvalue weighted by Gasteiger charge is -2.08. The summed E-state index contributed by atoms with van der Waals surface area (Å²) in [6.07, 6.45) is 1.47. The van der Waals surface area contributed by atoms with E-state index < -0.39 is 0 Å². The van der Waals surface area contributed by atoms with E-state index in [1.54, 1.807) is 13.1 Å². The van der Waals surface area contributed by atoms with Crippen LogP contribution >= 0.6 is 15.9 Å². The highest BCUT2D eigenvalue weighted by Gasteiger charge is 2.04. The zero-order valence-electron chi connectivity index (χ0n) is 9.57. The molecule has 1 heterocycles. The number of anilines is 1. The average Bonchev–Trinajstić information content (AvgIpc) is 2.33. The van der Waals surface area contributed by atoms with Crippen LogP contribution in [0.25, 0.3) is 0 Å². The van der Waals surface area contributed by atoms with Crippen LogP contribution in [0, 0.1) is 6.92 Å². The molecule has 0 aliphatic carbocycles. The molecule has 0 amide bonds. The van der Waals surface area contributed by atoms with Crippen LogP contribution in [0.4, 0.5) is 5.82 Å². The molecule has 0 bridgehead atoms. The lowest BCUT2D eigenvalue weighted by atomic mass is 10.2. The topological polar surface area (TPSA) is 47.0 Å². The third kappa shape index (κ3) is 2.94. The van der Waals surface area contributed by atoms with Crippen molar-refractivity contribution in [2.24, 2.45) is 0 Å². The maximum atomic E-state index is 5.69. The summed E-state index contributed by atoms with van der Waals surface area (Å²) in [5.41, 5.74) is 1.05. The van der Waals surface area contributed by atoms with Gasteiger partial charge in [0.25, 0.3) is 0 Å². The average molecular weight is 294 g/mol. The molecule has 1 aromatic carbocycles. The molecule has 0 saturated heterocycles. The number of nitrogens with zero attached hydrogens (tertiary/aromatic N) is 2. The standard InChI is InChI=1S/C12H12BrN3O/c1-8-5-9(13)3-4-10(8)17-12-6-11(14-2)15-7-16-12/h3-7H,1-2H3,(H,14,15,16). The second-order valence-corrected chi connectivity index (χ2v) is 4.42. The predicted octanol–water partition coefficient (Wildman–Crippen LogP) is 3.38. The van der Waals surface area contributed by atoms with E-state index in [1.165, 1.54) is 6.33 Å². The predicted molar refractivity (Wildman–Crippen MR) is 70.5 cm³/mol. The quantitative estimate of drug-likeness (QED) is 0.942. The van der Waals surface area contributed by atoms with Gasteiger partial charge in [-0.3, -0.25) is 0 Å². The Hall–Kier alpha value is -1.62. The van der Waals surface area contributed by atoms with Crippen molar-refractivity contribution in [3.05, 3.63) is 40.6 Å². The van der Waals surface area contributed by atoms with E-state index in [2.05, 4.69) is 31.2 Å². The molecule has 17 heavy (non-hydrogen) atoms. The molecular formula is C12H12BrN3O. The summed E-state index contributed by atoms with van der Waals surface area (Å²) in [5.74, 6) is 2.04. The van der Waals surface area contributed by atoms with Gasteiger partial charge in [-0.25, -0.2) is 9.97 Å². The van der Waals surface area contributed by atoms with Crippen molar-refractivity contribution in [2.75, 3.05) is 12.4 Å². The van der Waals surface area contributed by atoms with Crippen LogP contribution in [0.1, 0.15) is 5.56 Å². The Kier molecular flexibility index (Phi) is 3.58. The minimum absolute atomic E-state index is 0.523. The number of halogens is 1.